The quantitative estimate of drug-likeness (QED) is 0.468. The minimum atomic E-state index is -1.05. The van der Waals surface area contributed by atoms with Crippen molar-refractivity contribution in [3.8, 4) is 0 Å². The maximum Gasteiger partial charge on any atom is 0.307 e. The van der Waals surface area contributed by atoms with E-state index in [2.05, 4.69) is 0 Å². The summed E-state index contributed by atoms with van der Waals surface area (Å²) in [5, 5.41) is 26.0. The Labute approximate surface area is 108 Å². The zero-order valence-electron chi connectivity index (χ0n) is 10.8. The molecule has 0 aromatic heterocycles. The summed E-state index contributed by atoms with van der Waals surface area (Å²) in [6, 6.07) is 0. The standard InChI is InChI=1S/C13H24O5/c14-9-7-5-3-1-2-4-6-8-11(13(17)18)10-12(15)16/h11,14H,1-10H2,(H,15,16)(H,17,18). The molecule has 18 heavy (non-hydrogen) atoms. The number of aliphatic carboxylic acids is 2. The number of carboxylic acid groups (broad SMARTS) is 2. The van der Waals surface area contributed by atoms with Gasteiger partial charge in [-0.05, 0) is 12.8 Å². The average molecular weight is 260 g/mol. The van der Waals surface area contributed by atoms with Crippen LogP contribution >= 0.6 is 0 Å². The van der Waals surface area contributed by atoms with Crippen LogP contribution in [0.3, 0.4) is 0 Å². The second-order valence-electron chi connectivity index (χ2n) is 4.62. The average Bonchev–Trinajstić information content (AvgIpc) is 2.30. The summed E-state index contributed by atoms with van der Waals surface area (Å²) in [5.74, 6) is -2.82. The van der Waals surface area contributed by atoms with Crippen molar-refractivity contribution in [3.63, 3.8) is 0 Å². The minimum Gasteiger partial charge on any atom is -0.481 e. The third-order valence-electron chi connectivity index (χ3n) is 2.98. The molecule has 5 nitrogen and oxygen atoms in total. The third kappa shape index (κ3) is 10.1. The summed E-state index contributed by atoms with van der Waals surface area (Å²) in [4.78, 5) is 21.3. The Balaban J connectivity index is 3.49. The van der Waals surface area contributed by atoms with Gasteiger partial charge in [0.15, 0.2) is 0 Å². The van der Waals surface area contributed by atoms with E-state index in [0.29, 0.717) is 6.42 Å². The van der Waals surface area contributed by atoms with Gasteiger partial charge in [0.1, 0.15) is 0 Å². The van der Waals surface area contributed by atoms with E-state index in [0.717, 1.165) is 44.9 Å². The first-order chi connectivity index (χ1) is 8.57. The molecule has 0 aromatic rings. The number of hydrogen-bond acceptors (Lipinski definition) is 3. The molecule has 0 rings (SSSR count). The monoisotopic (exact) mass is 260 g/mol. The molecule has 0 saturated heterocycles. The molecule has 0 aliphatic heterocycles. The predicted octanol–water partition coefficient (Wildman–Crippen LogP) is 2.27. The molecule has 5 heteroatoms. The van der Waals surface area contributed by atoms with Crippen LogP contribution in [0.5, 0.6) is 0 Å². The molecule has 0 fully saturated rings. The summed E-state index contributed by atoms with van der Waals surface area (Å²) in [5.41, 5.74) is 0. The first-order valence-corrected chi connectivity index (χ1v) is 6.63. The zero-order chi connectivity index (χ0) is 13.8. The van der Waals surface area contributed by atoms with Crippen LogP contribution in [0.15, 0.2) is 0 Å². The van der Waals surface area contributed by atoms with E-state index in [1.165, 1.54) is 0 Å². The molecular formula is C13H24O5. The number of carboxylic acids is 2. The van der Waals surface area contributed by atoms with Crippen LogP contribution in [0.4, 0.5) is 0 Å². The van der Waals surface area contributed by atoms with Crippen LogP contribution in [0, 0.1) is 5.92 Å². The fourth-order valence-corrected chi connectivity index (χ4v) is 1.91. The number of aliphatic hydroxyl groups excluding tert-OH is 1. The topological polar surface area (TPSA) is 94.8 Å². The van der Waals surface area contributed by atoms with Gasteiger partial charge >= 0.3 is 11.9 Å². The van der Waals surface area contributed by atoms with Crippen LogP contribution < -0.4 is 0 Å². The molecule has 0 aliphatic carbocycles. The van der Waals surface area contributed by atoms with Gasteiger partial charge < -0.3 is 15.3 Å². The summed E-state index contributed by atoms with van der Waals surface area (Å²) in [7, 11) is 0. The first kappa shape index (κ1) is 16.9. The van der Waals surface area contributed by atoms with Gasteiger partial charge in [-0.3, -0.25) is 9.59 Å². The second-order valence-corrected chi connectivity index (χ2v) is 4.62. The van der Waals surface area contributed by atoms with Crippen molar-refractivity contribution in [2.75, 3.05) is 6.61 Å². The fraction of sp³-hybridized carbons (Fsp3) is 0.846. The van der Waals surface area contributed by atoms with Crippen molar-refractivity contribution in [1.82, 2.24) is 0 Å². The summed E-state index contributed by atoms with van der Waals surface area (Å²) < 4.78 is 0. The SMILES string of the molecule is O=C(O)CC(CCCCCCCCCO)C(=O)O. The van der Waals surface area contributed by atoms with E-state index in [1.807, 2.05) is 0 Å². The van der Waals surface area contributed by atoms with Crippen molar-refractivity contribution in [2.24, 2.45) is 5.92 Å². The Morgan fingerprint density at radius 2 is 1.33 bits per heavy atom. The van der Waals surface area contributed by atoms with Crippen LogP contribution in [0.2, 0.25) is 0 Å². The molecule has 3 N–H and O–H groups in total. The van der Waals surface area contributed by atoms with E-state index in [9.17, 15) is 9.59 Å². The Kier molecular flexibility index (Phi) is 10.3. The summed E-state index contributed by atoms with van der Waals surface area (Å²) >= 11 is 0. The highest BCUT2D eigenvalue weighted by Gasteiger charge is 2.19. The highest BCUT2D eigenvalue weighted by molar-refractivity contribution is 5.77. The van der Waals surface area contributed by atoms with E-state index in [1.54, 1.807) is 0 Å². The Morgan fingerprint density at radius 3 is 1.78 bits per heavy atom. The molecule has 0 aromatic carbocycles. The molecule has 1 atom stereocenters. The van der Waals surface area contributed by atoms with Gasteiger partial charge in [-0.25, -0.2) is 0 Å². The number of carbonyl (C=O) groups is 2. The molecule has 0 amide bonds. The Morgan fingerprint density at radius 1 is 0.833 bits per heavy atom. The molecular weight excluding hydrogens is 236 g/mol. The summed E-state index contributed by atoms with van der Waals surface area (Å²) in [6.07, 6.45) is 6.99. The van der Waals surface area contributed by atoms with E-state index >= 15 is 0 Å². The molecule has 1 unspecified atom stereocenters. The number of hydrogen-bond donors (Lipinski definition) is 3. The Bertz CT molecular complexity index is 240. The lowest BCUT2D eigenvalue weighted by Crippen LogP contribution is -2.17. The summed E-state index contributed by atoms with van der Waals surface area (Å²) in [6.45, 7) is 0.246. The molecule has 0 spiro atoms. The molecule has 0 radical (unpaired) electrons. The smallest absolute Gasteiger partial charge is 0.307 e. The number of aliphatic hydroxyl groups is 1. The minimum absolute atomic E-state index is 0.246. The lowest BCUT2D eigenvalue weighted by molar-refractivity contribution is -0.148. The lowest BCUT2D eigenvalue weighted by Gasteiger charge is -2.09. The fourth-order valence-electron chi connectivity index (χ4n) is 1.91. The molecule has 0 aliphatic rings. The van der Waals surface area contributed by atoms with E-state index in [-0.39, 0.29) is 13.0 Å². The van der Waals surface area contributed by atoms with Gasteiger partial charge in [0, 0.05) is 6.61 Å². The number of unbranched alkanes of at least 4 members (excludes halogenated alkanes) is 6. The largest absolute Gasteiger partial charge is 0.481 e. The molecule has 106 valence electrons. The lowest BCUT2D eigenvalue weighted by atomic mass is 9.97. The van der Waals surface area contributed by atoms with Crippen molar-refractivity contribution in [3.05, 3.63) is 0 Å². The van der Waals surface area contributed by atoms with Gasteiger partial charge in [0.2, 0.25) is 0 Å². The van der Waals surface area contributed by atoms with Crippen LogP contribution in [-0.4, -0.2) is 33.9 Å². The first-order valence-electron chi connectivity index (χ1n) is 6.63. The highest BCUT2D eigenvalue weighted by Crippen LogP contribution is 2.16. The second kappa shape index (κ2) is 11.0. The highest BCUT2D eigenvalue weighted by atomic mass is 16.4. The molecule has 0 heterocycles. The maximum atomic E-state index is 10.8. The van der Waals surface area contributed by atoms with Crippen molar-refractivity contribution in [2.45, 2.75) is 57.8 Å². The van der Waals surface area contributed by atoms with Gasteiger partial charge in [-0.1, -0.05) is 38.5 Å². The van der Waals surface area contributed by atoms with Gasteiger partial charge in [0.05, 0.1) is 12.3 Å². The normalized spacial score (nSPS) is 12.3. The van der Waals surface area contributed by atoms with Crippen molar-refractivity contribution in [1.29, 1.82) is 0 Å². The van der Waals surface area contributed by atoms with Crippen molar-refractivity contribution < 1.29 is 24.9 Å². The molecule has 0 saturated carbocycles. The van der Waals surface area contributed by atoms with Crippen LogP contribution in [0.1, 0.15) is 57.8 Å². The van der Waals surface area contributed by atoms with Gasteiger partial charge in [-0.2, -0.15) is 0 Å². The van der Waals surface area contributed by atoms with Crippen LogP contribution in [0.25, 0.3) is 0 Å². The van der Waals surface area contributed by atoms with Gasteiger partial charge in [0.25, 0.3) is 0 Å². The van der Waals surface area contributed by atoms with Crippen LogP contribution in [-0.2, 0) is 9.59 Å². The predicted molar refractivity (Wildman–Crippen MR) is 67.4 cm³/mol. The van der Waals surface area contributed by atoms with Gasteiger partial charge in [-0.15, -0.1) is 0 Å². The van der Waals surface area contributed by atoms with E-state index in [4.69, 9.17) is 15.3 Å². The number of rotatable bonds is 12. The van der Waals surface area contributed by atoms with E-state index < -0.39 is 17.9 Å². The van der Waals surface area contributed by atoms with Crippen molar-refractivity contribution >= 4 is 11.9 Å². The molecule has 0 bridgehead atoms. The third-order valence-corrected chi connectivity index (χ3v) is 2.98. The maximum absolute atomic E-state index is 10.8. The Hall–Kier alpha value is -1.10. The zero-order valence-corrected chi connectivity index (χ0v) is 10.8.